The van der Waals surface area contributed by atoms with Crippen molar-refractivity contribution in [2.45, 2.75) is 24.2 Å². The van der Waals surface area contributed by atoms with Crippen LogP contribution in [0.25, 0.3) is 0 Å². The van der Waals surface area contributed by atoms with Gasteiger partial charge in [-0.05, 0) is 30.7 Å². The van der Waals surface area contributed by atoms with Gasteiger partial charge in [0, 0.05) is 5.69 Å². The first-order valence-corrected chi connectivity index (χ1v) is 8.21. The Labute approximate surface area is 145 Å². The Morgan fingerprint density at radius 3 is 2.76 bits per heavy atom. The van der Waals surface area contributed by atoms with Gasteiger partial charge in [-0.15, -0.1) is 6.58 Å². The van der Waals surface area contributed by atoms with Crippen molar-refractivity contribution in [2.24, 2.45) is 11.8 Å². The van der Waals surface area contributed by atoms with Crippen molar-refractivity contribution >= 4 is 17.6 Å². The van der Waals surface area contributed by atoms with Crippen molar-refractivity contribution in [1.29, 1.82) is 0 Å². The number of amides is 1. The van der Waals surface area contributed by atoms with Crippen molar-refractivity contribution in [2.75, 3.05) is 12.0 Å². The van der Waals surface area contributed by atoms with Gasteiger partial charge in [0.25, 0.3) is 0 Å². The molecule has 0 aromatic heterocycles. The lowest BCUT2D eigenvalue weighted by molar-refractivity contribution is -0.146. The van der Waals surface area contributed by atoms with Crippen LogP contribution in [0.2, 0.25) is 0 Å². The Hall–Kier alpha value is -2.60. The molecule has 0 aliphatic carbocycles. The van der Waals surface area contributed by atoms with Crippen LogP contribution in [0.5, 0.6) is 5.75 Å². The highest BCUT2D eigenvalue weighted by Gasteiger charge is 2.71. The molecular formula is C19H19NO5. The van der Waals surface area contributed by atoms with Crippen LogP contribution in [-0.2, 0) is 14.3 Å². The number of nitrogens with zero attached hydrogens (tertiary/aromatic N) is 1. The van der Waals surface area contributed by atoms with Crippen LogP contribution in [-0.4, -0.2) is 41.8 Å². The van der Waals surface area contributed by atoms with Crippen LogP contribution < -0.4 is 9.64 Å². The topological polar surface area (TPSA) is 76.1 Å². The fourth-order valence-corrected chi connectivity index (χ4v) is 4.43. The maximum absolute atomic E-state index is 13.2. The highest BCUT2D eigenvalue weighted by atomic mass is 16.5. The van der Waals surface area contributed by atoms with Crippen LogP contribution in [0.4, 0.5) is 5.69 Å². The number of hydrogen-bond acceptors (Lipinski definition) is 4. The Morgan fingerprint density at radius 1 is 1.44 bits per heavy atom. The summed E-state index contributed by atoms with van der Waals surface area (Å²) in [6.45, 7) is 3.80. The average Bonchev–Trinajstić information content (AvgIpc) is 3.24. The number of carbonyl (C=O) groups excluding carboxylic acids is 1. The highest BCUT2D eigenvalue weighted by molar-refractivity contribution is 6.03. The molecule has 1 aromatic carbocycles. The predicted molar refractivity (Wildman–Crippen MR) is 90.4 cm³/mol. The second-order valence-corrected chi connectivity index (χ2v) is 6.58. The molecule has 2 saturated heterocycles. The Bertz CT molecular complexity index is 771. The summed E-state index contributed by atoms with van der Waals surface area (Å²) in [4.78, 5) is 26.6. The molecule has 2 fully saturated rings. The number of hydrogen-bond donors (Lipinski definition) is 1. The summed E-state index contributed by atoms with van der Waals surface area (Å²) in [6, 6.07) is 6.85. The zero-order chi connectivity index (χ0) is 17.8. The first-order chi connectivity index (χ1) is 12.0. The molecule has 6 heteroatoms. The van der Waals surface area contributed by atoms with Crippen molar-refractivity contribution in [3.8, 4) is 5.75 Å². The summed E-state index contributed by atoms with van der Waals surface area (Å²) in [7, 11) is 1.58. The minimum Gasteiger partial charge on any atom is -0.497 e. The molecule has 5 atom stereocenters. The number of anilines is 1. The summed E-state index contributed by atoms with van der Waals surface area (Å²) in [5, 5.41) is 9.62. The Morgan fingerprint density at radius 2 is 2.16 bits per heavy atom. The van der Waals surface area contributed by atoms with E-state index in [9.17, 15) is 14.7 Å². The number of ether oxygens (including phenoxy) is 2. The van der Waals surface area contributed by atoms with Crippen LogP contribution >= 0.6 is 0 Å². The third-order valence-electron chi connectivity index (χ3n) is 5.45. The van der Waals surface area contributed by atoms with Gasteiger partial charge < -0.3 is 19.5 Å². The molecule has 3 heterocycles. The summed E-state index contributed by atoms with van der Waals surface area (Å²) in [5.41, 5.74) is -0.204. The van der Waals surface area contributed by atoms with Crippen molar-refractivity contribution in [3.63, 3.8) is 0 Å². The van der Waals surface area contributed by atoms with Crippen molar-refractivity contribution < 1.29 is 24.2 Å². The molecule has 0 radical (unpaired) electrons. The first-order valence-electron chi connectivity index (χ1n) is 8.21. The maximum atomic E-state index is 13.2. The fourth-order valence-electron chi connectivity index (χ4n) is 4.43. The van der Waals surface area contributed by atoms with Crippen LogP contribution in [0.15, 0.2) is 49.1 Å². The zero-order valence-corrected chi connectivity index (χ0v) is 13.8. The molecule has 130 valence electrons. The lowest BCUT2D eigenvalue weighted by Gasteiger charge is -2.32. The van der Waals surface area contributed by atoms with E-state index in [-0.39, 0.29) is 11.9 Å². The van der Waals surface area contributed by atoms with Gasteiger partial charge in [-0.25, -0.2) is 0 Å². The molecule has 3 aliphatic heterocycles. The van der Waals surface area contributed by atoms with E-state index in [1.165, 1.54) is 0 Å². The monoisotopic (exact) mass is 341 g/mol. The summed E-state index contributed by atoms with van der Waals surface area (Å²) < 4.78 is 11.2. The zero-order valence-electron chi connectivity index (χ0n) is 13.8. The molecular weight excluding hydrogens is 322 g/mol. The molecule has 0 saturated carbocycles. The van der Waals surface area contributed by atoms with Gasteiger partial charge in [-0.2, -0.15) is 0 Å². The number of fused-ring (bicyclic) bond motifs is 1. The number of rotatable bonds is 5. The standard InChI is InChI=1S/C19H19NO5/c1-3-4-14-19-10-9-13(25-19)15(18(22)23)16(19)17(21)20(14)11-5-7-12(24-2)8-6-11/h3,5-10,13-16H,1,4H2,2H3,(H,22,23)/t13-,14-,15+,16-,19+/m1/s1. The molecule has 6 nitrogen and oxygen atoms in total. The maximum Gasteiger partial charge on any atom is 0.310 e. The van der Waals surface area contributed by atoms with Gasteiger partial charge in [-0.3, -0.25) is 9.59 Å². The number of carbonyl (C=O) groups is 2. The van der Waals surface area contributed by atoms with Crippen molar-refractivity contribution in [3.05, 3.63) is 49.1 Å². The van der Waals surface area contributed by atoms with E-state index < -0.39 is 29.5 Å². The van der Waals surface area contributed by atoms with Crippen LogP contribution in [0.3, 0.4) is 0 Å². The number of methoxy groups -OCH3 is 1. The van der Waals surface area contributed by atoms with Gasteiger partial charge >= 0.3 is 5.97 Å². The van der Waals surface area contributed by atoms with Crippen molar-refractivity contribution in [1.82, 2.24) is 0 Å². The largest absolute Gasteiger partial charge is 0.497 e. The van der Waals surface area contributed by atoms with E-state index in [2.05, 4.69) is 6.58 Å². The molecule has 3 aliphatic rings. The third-order valence-corrected chi connectivity index (χ3v) is 5.45. The third kappa shape index (κ3) is 2.00. The summed E-state index contributed by atoms with van der Waals surface area (Å²) in [5.74, 6) is -2.09. The van der Waals surface area contributed by atoms with E-state index in [1.54, 1.807) is 48.4 Å². The highest BCUT2D eigenvalue weighted by Crippen LogP contribution is 2.56. The van der Waals surface area contributed by atoms with E-state index in [0.29, 0.717) is 17.9 Å². The number of carboxylic acid groups (broad SMARTS) is 1. The van der Waals surface area contributed by atoms with Gasteiger partial charge in [0.1, 0.15) is 17.3 Å². The smallest absolute Gasteiger partial charge is 0.310 e. The SMILES string of the molecule is C=CC[C@H]1N(c2ccc(OC)cc2)C(=O)[C@H]2[C@@H](C(=O)O)[C@H]3C=C[C@@]21O3. The second kappa shape index (κ2) is 5.46. The predicted octanol–water partition coefficient (Wildman–Crippen LogP) is 2.01. The van der Waals surface area contributed by atoms with Gasteiger partial charge in [0.2, 0.25) is 5.91 Å². The normalized spacial score (nSPS) is 35.1. The fraction of sp³-hybridized carbons (Fsp3) is 0.368. The molecule has 1 N–H and O–H groups in total. The van der Waals surface area contributed by atoms with E-state index in [4.69, 9.17) is 9.47 Å². The first kappa shape index (κ1) is 15.9. The average molecular weight is 341 g/mol. The molecule has 25 heavy (non-hydrogen) atoms. The molecule has 1 aromatic rings. The summed E-state index contributed by atoms with van der Waals surface area (Å²) >= 11 is 0. The number of aliphatic carboxylic acids is 1. The van der Waals surface area contributed by atoms with E-state index in [0.717, 1.165) is 0 Å². The lowest BCUT2D eigenvalue weighted by atomic mass is 9.74. The molecule has 4 rings (SSSR count). The quantitative estimate of drug-likeness (QED) is 0.829. The lowest BCUT2D eigenvalue weighted by Crippen LogP contribution is -2.45. The molecule has 2 bridgehead atoms. The van der Waals surface area contributed by atoms with Crippen LogP contribution in [0.1, 0.15) is 6.42 Å². The van der Waals surface area contributed by atoms with E-state index >= 15 is 0 Å². The Kier molecular flexibility index (Phi) is 3.47. The molecule has 0 unspecified atom stereocenters. The van der Waals surface area contributed by atoms with E-state index in [1.807, 2.05) is 6.08 Å². The second-order valence-electron chi connectivity index (χ2n) is 6.58. The van der Waals surface area contributed by atoms with Gasteiger partial charge in [0.15, 0.2) is 0 Å². The molecule has 1 spiro atoms. The number of benzene rings is 1. The van der Waals surface area contributed by atoms with Gasteiger partial charge in [-0.1, -0.05) is 18.2 Å². The molecule has 1 amide bonds. The van der Waals surface area contributed by atoms with Gasteiger partial charge in [0.05, 0.1) is 25.2 Å². The van der Waals surface area contributed by atoms with Crippen LogP contribution in [0, 0.1) is 11.8 Å². The summed E-state index contributed by atoms with van der Waals surface area (Å²) in [6.07, 6.45) is 5.35. The Balaban J connectivity index is 1.80. The minimum atomic E-state index is -0.997. The minimum absolute atomic E-state index is 0.212. The number of carboxylic acids is 1.